The van der Waals surface area contributed by atoms with Crippen LogP contribution in [0.2, 0.25) is 0 Å². The van der Waals surface area contributed by atoms with E-state index in [0.29, 0.717) is 33.9 Å². The Balaban J connectivity index is 1.38. The van der Waals surface area contributed by atoms with Crippen molar-refractivity contribution in [2.75, 3.05) is 10.6 Å². The van der Waals surface area contributed by atoms with Gasteiger partial charge in [-0.15, -0.1) is 0 Å². The number of amides is 1. The largest absolute Gasteiger partial charge is 0.324 e. The summed E-state index contributed by atoms with van der Waals surface area (Å²) in [6.45, 7) is 0. The topological polar surface area (TPSA) is 98.5 Å². The summed E-state index contributed by atoms with van der Waals surface area (Å²) in [6, 6.07) is 17.0. The number of nitrogens with zero attached hydrogens (tertiary/aromatic N) is 2. The molecule has 2 heterocycles. The summed E-state index contributed by atoms with van der Waals surface area (Å²) < 4.78 is 13.8. The zero-order valence-corrected chi connectivity index (χ0v) is 15.0. The van der Waals surface area contributed by atoms with Crippen molar-refractivity contribution in [2.45, 2.75) is 0 Å². The molecular weight excluding hydrogens is 371 g/mol. The number of carbonyl (C=O) groups excluding carboxylic acids is 1. The van der Waals surface area contributed by atoms with E-state index < -0.39 is 0 Å². The van der Waals surface area contributed by atoms with Gasteiger partial charge in [-0.05, 0) is 48.5 Å². The van der Waals surface area contributed by atoms with Crippen molar-refractivity contribution in [1.29, 1.82) is 0 Å². The molecule has 0 fully saturated rings. The van der Waals surface area contributed by atoms with Gasteiger partial charge in [-0.3, -0.25) is 9.89 Å². The van der Waals surface area contributed by atoms with Gasteiger partial charge in [-0.2, -0.15) is 5.10 Å². The highest BCUT2D eigenvalue weighted by atomic mass is 19.1. The van der Waals surface area contributed by atoms with Crippen LogP contribution in [0.25, 0.3) is 21.9 Å². The molecule has 5 aromatic rings. The number of hydrogen-bond donors (Lipinski definition) is 4. The number of fused-ring (bicyclic) bond motifs is 2. The summed E-state index contributed by atoms with van der Waals surface area (Å²) in [4.78, 5) is 20.1. The number of rotatable bonds is 4. The number of benzene rings is 3. The molecule has 0 radical (unpaired) electrons. The third-order valence-electron chi connectivity index (χ3n) is 4.57. The number of imidazole rings is 1. The first-order valence-electron chi connectivity index (χ1n) is 8.91. The van der Waals surface area contributed by atoms with Gasteiger partial charge in [-0.1, -0.05) is 12.1 Å². The van der Waals surface area contributed by atoms with Gasteiger partial charge in [0.05, 0.1) is 28.4 Å². The smallest absolute Gasteiger partial charge is 0.255 e. The second-order valence-electron chi connectivity index (χ2n) is 6.55. The molecule has 8 heteroatoms. The van der Waals surface area contributed by atoms with Crippen molar-refractivity contribution in [3.63, 3.8) is 0 Å². The van der Waals surface area contributed by atoms with Gasteiger partial charge in [-0.25, -0.2) is 9.37 Å². The van der Waals surface area contributed by atoms with Crippen molar-refractivity contribution in [3.8, 4) is 0 Å². The van der Waals surface area contributed by atoms with Crippen molar-refractivity contribution >= 4 is 45.2 Å². The lowest BCUT2D eigenvalue weighted by molar-refractivity contribution is 0.102. The van der Waals surface area contributed by atoms with Crippen LogP contribution in [0.3, 0.4) is 0 Å². The van der Waals surface area contributed by atoms with E-state index in [2.05, 4.69) is 30.8 Å². The average Bonchev–Trinajstić information content (AvgIpc) is 3.34. The minimum absolute atomic E-state index is 0.246. The molecule has 0 spiro atoms. The second-order valence-corrected chi connectivity index (χ2v) is 6.55. The molecule has 4 N–H and O–H groups in total. The van der Waals surface area contributed by atoms with E-state index in [0.717, 1.165) is 10.9 Å². The molecule has 0 saturated heterocycles. The minimum Gasteiger partial charge on any atom is -0.324 e. The maximum absolute atomic E-state index is 13.8. The number of aromatic amines is 2. The van der Waals surface area contributed by atoms with Crippen molar-refractivity contribution in [2.24, 2.45) is 0 Å². The summed E-state index contributed by atoms with van der Waals surface area (Å²) in [5.41, 5.74) is 3.64. The maximum atomic E-state index is 13.8. The zero-order valence-electron chi connectivity index (χ0n) is 15.0. The number of halogens is 1. The molecule has 0 aliphatic carbocycles. The number of aromatic nitrogens is 4. The highest BCUT2D eigenvalue weighted by Gasteiger charge is 2.11. The standard InChI is InChI=1S/C21H15FN6O/c22-15-3-1-2-4-16(15)25-21-26-17-8-6-12(9-19(17)27-21)20(29)24-14-7-5-13-11-23-28-18(13)10-14/h1-11H,(H,23,28)(H,24,29)(H2,25,26,27). The summed E-state index contributed by atoms with van der Waals surface area (Å²) in [7, 11) is 0. The molecule has 0 unspecified atom stereocenters. The third-order valence-corrected chi connectivity index (χ3v) is 4.57. The Morgan fingerprint density at radius 2 is 1.90 bits per heavy atom. The quantitative estimate of drug-likeness (QED) is 0.363. The number of para-hydroxylation sites is 1. The molecule has 0 saturated carbocycles. The van der Waals surface area contributed by atoms with Crippen molar-refractivity contribution in [1.82, 2.24) is 20.2 Å². The van der Waals surface area contributed by atoms with Gasteiger partial charge in [0.2, 0.25) is 5.95 Å². The molecule has 1 amide bonds. The minimum atomic E-state index is -0.373. The molecule has 5 rings (SSSR count). The number of anilines is 3. The van der Waals surface area contributed by atoms with E-state index in [-0.39, 0.29) is 11.7 Å². The summed E-state index contributed by atoms with van der Waals surface area (Å²) in [6.07, 6.45) is 1.72. The fraction of sp³-hybridized carbons (Fsp3) is 0. The van der Waals surface area contributed by atoms with Crippen LogP contribution in [0, 0.1) is 5.82 Å². The summed E-state index contributed by atoms with van der Waals surface area (Å²) in [5, 5.41) is 13.6. The van der Waals surface area contributed by atoms with Crippen LogP contribution in [0.5, 0.6) is 0 Å². The first kappa shape index (κ1) is 16.9. The van der Waals surface area contributed by atoms with Gasteiger partial charge in [0, 0.05) is 16.6 Å². The van der Waals surface area contributed by atoms with E-state index >= 15 is 0 Å². The first-order valence-corrected chi connectivity index (χ1v) is 8.91. The molecule has 0 aliphatic rings. The molecule has 2 aromatic heterocycles. The van der Waals surface area contributed by atoms with Crippen LogP contribution in [0.1, 0.15) is 10.4 Å². The van der Waals surface area contributed by atoms with E-state index in [9.17, 15) is 9.18 Å². The van der Waals surface area contributed by atoms with Crippen LogP contribution in [0.4, 0.5) is 21.7 Å². The molecule has 0 aliphatic heterocycles. The molecular formula is C21H15FN6O. The SMILES string of the molecule is O=C(Nc1ccc2cn[nH]c2c1)c1ccc2nc(Nc3ccccc3F)[nH]c2c1. The molecule has 142 valence electrons. The lowest BCUT2D eigenvalue weighted by Gasteiger charge is -2.05. The predicted molar refractivity (Wildman–Crippen MR) is 110 cm³/mol. The van der Waals surface area contributed by atoms with Crippen LogP contribution < -0.4 is 10.6 Å². The normalized spacial score (nSPS) is 11.1. The number of H-pyrrole nitrogens is 2. The van der Waals surface area contributed by atoms with Crippen LogP contribution >= 0.6 is 0 Å². The molecule has 3 aromatic carbocycles. The zero-order chi connectivity index (χ0) is 19.8. The number of carbonyl (C=O) groups is 1. The highest BCUT2D eigenvalue weighted by Crippen LogP contribution is 2.22. The number of nitrogens with one attached hydrogen (secondary N) is 4. The second kappa shape index (κ2) is 6.75. The Morgan fingerprint density at radius 1 is 1.00 bits per heavy atom. The van der Waals surface area contributed by atoms with Crippen molar-refractivity contribution in [3.05, 3.63) is 78.2 Å². The number of hydrogen-bond acceptors (Lipinski definition) is 4. The van der Waals surface area contributed by atoms with Gasteiger partial charge in [0.25, 0.3) is 5.91 Å². The van der Waals surface area contributed by atoms with Crippen LogP contribution in [0.15, 0.2) is 66.9 Å². The van der Waals surface area contributed by atoms with Gasteiger partial charge in [0.15, 0.2) is 0 Å². The Kier molecular flexibility index (Phi) is 3.94. The lowest BCUT2D eigenvalue weighted by atomic mass is 10.1. The highest BCUT2D eigenvalue weighted by molar-refractivity contribution is 6.06. The predicted octanol–water partition coefficient (Wildman–Crippen LogP) is 4.57. The molecule has 29 heavy (non-hydrogen) atoms. The summed E-state index contributed by atoms with van der Waals surface area (Å²) in [5.74, 6) is -0.224. The molecule has 0 bridgehead atoms. The third kappa shape index (κ3) is 3.27. The molecule has 7 nitrogen and oxygen atoms in total. The van der Waals surface area contributed by atoms with Crippen molar-refractivity contribution < 1.29 is 9.18 Å². The van der Waals surface area contributed by atoms with E-state index in [1.165, 1.54) is 6.07 Å². The Hall–Kier alpha value is -4.20. The van der Waals surface area contributed by atoms with E-state index in [4.69, 9.17) is 0 Å². The Morgan fingerprint density at radius 3 is 2.79 bits per heavy atom. The Bertz CT molecular complexity index is 1360. The molecule has 0 atom stereocenters. The average molecular weight is 386 g/mol. The fourth-order valence-corrected chi connectivity index (χ4v) is 3.12. The fourth-order valence-electron chi connectivity index (χ4n) is 3.12. The summed E-state index contributed by atoms with van der Waals surface area (Å²) >= 11 is 0. The maximum Gasteiger partial charge on any atom is 0.255 e. The van der Waals surface area contributed by atoms with Crippen LogP contribution in [-0.2, 0) is 0 Å². The first-order chi connectivity index (χ1) is 14.2. The van der Waals surface area contributed by atoms with E-state index in [1.54, 1.807) is 42.6 Å². The van der Waals surface area contributed by atoms with Gasteiger partial charge in [0.1, 0.15) is 5.82 Å². The monoisotopic (exact) mass is 386 g/mol. The Labute approximate surface area is 164 Å². The van der Waals surface area contributed by atoms with E-state index in [1.807, 2.05) is 18.2 Å². The lowest BCUT2D eigenvalue weighted by Crippen LogP contribution is -2.11. The van der Waals surface area contributed by atoms with Crippen LogP contribution in [-0.4, -0.2) is 26.1 Å². The van der Waals surface area contributed by atoms with Gasteiger partial charge >= 0.3 is 0 Å². The van der Waals surface area contributed by atoms with Gasteiger partial charge < -0.3 is 15.6 Å².